The van der Waals surface area contributed by atoms with Crippen molar-refractivity contribution in [2.75, 3.05) is 13.2 Å². The van der Waals surface area contributed by atoms with Gasteiger partial charge in [0.2, 0.25) is 5.91 Å². The summed E-state index contributed by atoms with van der Waals surface area (Å²) in [5.41, 5.74) is 1.12. The van der Waals surface area contributed by atoms with Gasteiger partial charge in [-0.3, -0.25) is 14.2 Å². The van der Waals surface area contributed by atoms with Crippen LogP contribution in [0.25, 0.3) is 16.6 Å². The van der Waals surface area contributed by atoms with E-state index in [0.717, 1.165) is 32.1 Å². The predicted octanol–water partition coefficient (Wildman–Crippen LogP) is 6.05. The Morgan fingerprint density at radius 1 is 1.00 bits per heavy atom. The molecule has 2 aromatic carbocycles. The van der Waals surface area contributed by atoms with Crippen LogP contribution in [0.15, 0.2) is 53.3 Å². The lowest BCUT2D eigenvalue weighted by Gasteiger charge is -2.31. The van der Waals surface area contributed by atoms with Crippen LogP contribution in [-0.2, 0) is 4.79 Å². The van der Waals surface area contributed by atoms with Crippen LogP contribution in [0.1, 0.15) is 78.1 Å². The zero-order valence-electron chi connectivity index (χ0n) is 20.9. The van der Waals surface area contributed by atoms with Crippen LogP contribution in [-0.4, -0.2) is 33.5 Å². The quantitative estimate of drug-likeness (QED) is 0.307. The van der Waals surface area contributed by atoms with Crippen molar-refractivity contribution in [3.05, 3.63) is 64.7 Å². The zero-order valence-corrected chi connectivity index (χ0v) is 20.9. The van der Waals surface area contributed by atoms with E-state index in [1.54, 1.807) is 10.6 Å². The highest BCUT2D eigenvalue weighted by atomic mass is 16.5. The molecule has 0 saturated heterocycles. The lowest BCUT2D eigenvalue weighted by molar-refractivity contribution is -0.133. The molecule has 0 N–H and O–H groups in total. The number of benzene rings is 2. The van der Waals surface area contributed by atoms with Crippen LogP contribution in [0, 0.1) is 0 Å². The molecule has 182 valence electrons. The first-order valence-corrected chi connectivity index (χ1v) is 12.6. The van der Waals surface area contributed by atoms with Gasteiger partial charge in [0.1, 0.15) is 11.6 Å². The molecular formula is C28H37N3O3. The Labute approximate surface area is 202 Å². The summed E-state index contributed by atoms with van der Waals surface area (Å²) in [4.78, 5) is 33.9. The van der Waals surface area contributed by atoms with Crippen molar-refractivity contribution in [2.24, 2.45) is 0 Å². The van der Waals surface area contributed by atoms with Crippen molar-refractivity contribution >= 4 is 16.8 Å². The number of aromatic nitrogens is 2. The number of hydrogen-bond acceptors (Lipinski definition) is 4. The zero-order chi connectivity index (χ0) is 24.5. The predicted molar refractivity (Wildman–Crippen MR) is 138 cm³/mol. The lowest BCUT2D eigenvalue weighted by atomic mass is 10.1. The summed E-state index contributed by atoms with van der Waals surface area (Å²) in [6.07, 6.45) is 5.36. The fraction of sp³-hybridized carbons (Fsp3) is 0.464. The SMILES string of the molecule is CCCCCC(=O)N(CCCC)C(C)c1nc2ccccc2c(=O)n1-c1ccccc1OCC. The molecule has 0 bridgehead atoms. The average molecular weight is 464 g/mol. The van der Waals surface area contributed by atoms with E-state index in [-0.39, 0.29) is 17.5 Å². The summed E-state index contributed by atoms with van der Waals surface area (Å²) in [6.45, 7) is 9.27. The number of ether oxygens (including phenoxy) is 1. The topological polar surface area (TPSA) is 64.4 Å². The highest BCUT2D eigenvalue weighted by Gasteiger charge is 2.27. The van der Waals surface area contributed by atoms with Crippen LogP contribution >= 0.6 is 0 Å². The lowest BCUT2D eigenvalue weighted by Crippen LogP contribution is -2.38. The van der Waals surface area contributed by atoms with Crippen LogP contribution in [0.2, 0.25) is 0 Å². The van der Waals surface area contributed by atoms with Gasteiger partial charge in [-0.2, -0.15) is 0 Å². The largest absolute Gasteiger partial charge is 0.492 e. The summed E-state index contributed by atoms with van der Waals surface area (Å²) < 4.78 is 7.50. The van der Waals surface area contributed by atoms with Crippen molar-refractivity contribution in [2.45, 2.75) is 72.3 Å². The number of rotatable bonds is 12. The second-order valence-corrected chi connectivity index (χ2v) is 8.60. The van der Waals surface area contributed by atoms with Crippen LogP contribution in [0.3, 0.4) is 0 Å². The highest BCUT2D eigenvalue weighted by molar-refractivity contribution is 5.79. The maximum absolute atomic E-state index is 13.8. The van der Waals surface area contributed by atoms with E-state index in [9.17, 15) is 9.59 Å². The van der Waals surface area contributed by atoms with Crippen molar-refractivity contribution in [3.63, 3.8) is 0 Å². The molecule has 0 aliphatic rings. The molecule has 1 atom stereocenters. The van der Waals surface area contributed by atoms with E-state index in [4.69, 9.17) is 9.72 Å². The minimum atomic E-state index is -0.368. The fourth-order valence-electron chi connectivity index (χ4n) is 4.25. The van der Waals surface area contributed by atoms with Crippen molar-refractivity contribution in [1.29, 1.82) is 0 Å². The first kappa shape index (κ1) is 25.5. The summed E-state index contributed by atoms with van der Waals surface area (Å²) in [5, 5.41) is 0.541. The second kappa shape index (κ2) is 12.4. The number of unbranched alkanes of at least 4 members (excludes halogenated alkanes) is 3. The van der Waals surface area contributed by atoms with Gasteiger partial charge in [-0.05, 0) is 51.0 Å². The number of hydrogen-bond donors (Lipinski definition) is 0. The third-order valence-corrected chi connectivity index (χ3v) is 6.12. The van der Waals surface area contributed by atoms with E-state index in [0.29, 0.717) is 47.7 Å². The molecule has 6 heteroatoms. The molecule has 0 saturated carbocycles. The number of amides is 1. The molecule has 0 fully saturated rings. The molecule has 0 aliphatic carbocycles. The van der Waals surface area contributed by atoms with E-state index < -0.39 is 0 Å². The van der Waals surface area contributed by atoms with Crippen LogP contribution in [0.5, 0.6) is 5.75 Å². The van der Waals surface area contributed by atoms with E-state index in [1.165, 1.54) is 0 Å². The molecule has 1 aromatic heterocycles. The van der Waals surface area contributed by atoms with Gasteiger partial charge in [0, 0.05) is 13.0 Å². The van der Waals surface area contributed by atoms with Crippen LogP contribution < -0.4 is 10.3 Å². The number of fused-ring (bicyclic) bond motifs is 1. The van der Waals surface area contributed by atoms with Gasteiger partial charge in [0.15, 0.2) is 0 Å². The highest BCUT2D eigenvalue weighted by Crippen LogP contribution is 2.28. The van der Waals surface area contributed by atoms with Gasteiger partial charge in [-0.15, -0.1) is 0 Å². The van der Waals surface area contributed by atoms with Gasteiger partial charge in [-0.1, -0.05) is 57.4 Å². The number of carbonyl (C=O) groups is 1. The van der Waals surface area contributed by atoms with Gasteiger partial charge < -0.3 is 9.64 Å². The normalized spacial score (nSPS) is 12.0. The standard InChI is InChI=1S/C28H37N3O3/c1-5-8-10-19-26(32)30(20-9-6-2)21(4)27-29-23-16-12-11-15-22(23)28(33)31(27)24-17-13-14-18-25(24)34-7-3/h11-18,21H,5-10,19-20H2,1-4H3. The monoisotopic (exact) mass is 463 g/mol. The van der Waals surface area contributed by atoms with Crippen molar-refractivity contribution < 1.29 is 9.53 Å². The van der Waals surface area contributed by atoms with E-state index in [1.807, 2.05) is 61.2 Å². The molecule has 1 amide bonds. The number of nitrogens with zero attached hydrogens (tertiary/aromatic N) is 3. The summed E-state index contributed by atoms with van der Waals surface area (Å²) in [6, 6.07) is 14.5. The van der Waals surface area contributed by atoms with Gasteiger partial charge >= 0.3 is 0 Å². The molecule has 1 heterocycles. The maximum Gasteiger partial charge on any atom is 0.266 e. The van der Waals surface area contributed by atoms with Crippen molar-refractivity contribution in [3.8, 4) is 11.4 Å². The van der Waals surface area contributed by atoms with Gasteiger partial charge in [0.05, 0.1) is 29.2 Å². The molecule has 0 radical (unpaired) electrons. The van der Waals surface area contributed by atoms with Gasteiger partial charge in [-0.25, -0.2) is 4.98 Å². The minimum Gasteiger partial charge on any atom is -0.492 e. The summed E-state index contributed by atoms with van der Waals surface area (Å²) in [5.74, 6) is 1.28. The smallest absolute Gasteiger partial charge is 0.266 e. The Balaban J connectivity index is 2.18. The first-order valence-electron chi connectivity index (χ1n) is 12.6. The Kier molecular flexibility index (Phi) is 9.25. The maximum atomic E-state index is 13.8. The minimum absolute atomic E-state index is 0.112. The molecule has 3 aromatic rings. The van der Waals surface area contributed by atoms with Crippen LogP contribution in [0.4, 0.5) is 0 Å². The summed E-state index contributed by atoms with van der Waals surface area (Å²) in [7, 11) is 0. The number of carbonyl (C=O) groups excluding carboxylic acids is 1. The van der Waals surface area contributed by atoms with E-state index in [2.05, 4.69) is 13.8 Å². The Morgan fingerprint density at radius 2 is 1.71 bits per heavy atom. The molecule has 34 heavy (non-hydrogen) atoms. The number of para-hydroxylation sites is 3. The average Bonchev–Trinajstić information content (AvgIpc) is 2.85. The van der Waals surface area contributed by atoms with Crippen molar-refractivity contribution in [1.82, 2.24) is 14.5 Å². The molecule has 1 unspecified atom stereocenters. The third-order valence-electron chi connectivity index (χ3n) is 6.12. The second-order valence-electron chi connectivity index (χ2n) is 8.60. The summed E-state index contributed by atoms with van der Waals surface area (Å²) >= 11 is 0. The first-order chi connectivity index (χ1) is 16.5. The molecular weight excluding hydrogens is 426 g/mol. The Hall–Kier alpha value is -3.15. The van der Waals surface area contributed by atoms with Gasteiger partial charge in [0.25, 0.3) is 5.56 Å². The molecule has 0 spiro atoms. The molecule has 6 nitrogen and oxygen atoms in total. The Morgan fingerprint density at radius 3 is 2.44 bits per heavy atom. The fourth-order valence-corrected chi connectivity index (χ4v) is 4.25. The molecule has 3 rings (SSSR count). The Bertz CT molecular complexity index is 1160. The third kappa shape index (κ3) is 5.66. The van der Waals surface area contributed by atoms with E-state index >= 15 is 0 Å². The molecule has 0 aliphatic heterocycles.